The van der Waals surface area contributed by atoms with E-state index in [4.69, 9.17) is 4.74 Å². The normalized spacial score (nSPS) is 19.2. The second-order valence-electron chi connectivity index (χ2n) is 7.82. The van der Waals surface area contributed by atoms with E-state index < -0.39 is 0 Å². The van der Waals surface area contributed by atoms with E-state index in [1.54, 1.807) is 7.11 Å². The molecule has 1 saturated carbocycles. The third-order valence-electron chi connectivity index (χ3n) is 5.69. The van der Waals surface area contributed by atoms with Gasteiger partial charge in [0, 0.05) is 51.8 Å². The predicted octanol–water partition coefficient (Wildman–Crippen LogP) is 0.215. The third-order valence-corrected chi connectivity index (χ3v) is 5.69. The molecule has 28 heavy (non-hydrogen) atoms. The summed E-state index contributed by atoms with van der Waals surface area (Å²) in [4.78, 5) is 28.5. The zero-order valence-corrected chi connectivity index (χ0v) is 16.8. The van der Waals surface area contributed by atoms with Gasteiger partial charge in [0.15, 0.2) is 0 Å². The van der Waals surface area contributed by atoms with E-state index >= 15 is 0 Å². The molecule has 1 aromatic rings. The van der Waals surface area contributed by atoms with Crippen molar-refractivity contribution in [3.8, 4) is 0 Å². The average Bonchev–Trinajstić information content (AvgIpc) is 3.50. The largest absolute Gasteiger partial charge is 0.383 e. The Morgan fingerprint density at radius 3 is 2.07 bits per heavy atom. The van der Waals surface area contributed by atoms with E-state index in [0.29, 0.717) is 26.2 Å². The molecule has 0 unspecified atom stereocenters. The average molecular weight is 389 g/mol. The lowest BCUT2D eigenvalue weighted by atomic mass is 9.96. The molecule has 1 saturated heterocycles. The summed E-state index contributed by atoms with van der Waals surface area (Å²) in [6, 6.07) is 10.5. The lowest BCUT2D eigenvalue weighted by molar-refractivity contribution is -0.125. The van der Waals surface area contributed by atoms with Gasteiger partial charge < -0.3 is 15.4 Å². The summed E-state index contributed by atoms with van der Waals surface area (Å²) in [6.07, 6.45) is 2.28. The van der Waals surface area contributed by atoms with Gasteiger partial charge in [0.25, 0.3) is 0 Å². The van der Waals surface area contributed by atoms with Gasteiger partial charge in [0.2, 0.25) is 11.8 Å². The number of hydrogen-bond acceptors (Lipinski definition) is 5. The summed E-state index contributed by atoms with van der Waals surface area (Å²) in [5.74, 6) is 0.117. The number of amides is 2. The molecular weight excluding hydrogens is 356 g/mol. The summed E-state index contributed by atoms with van der Waals surface area (Å²) in [5.41, 5.74) is 1.47. The van der Waals surface area contributed by atoms with Crippen molar-refractivity contribution in [3.63, 3.8) is 0 Å². The van der Waals surface area contributed by atoms with E-state index in [1.807, 2.05) is 6.07 Å². The smallest absolute Gasteiger partial charge is 0.234 e. The van der Waals surface area contributed by atoms with Crippen LogP contribution in [0.25, 0.3) is 0 Å². The molecule has 0 bridgehead atoms. The molecule has 1 heterocycles. The number of piperazine rings is 1. The summed E-state index contributed by atoms with van der Waals surface area (Å²) in [5, 5.41) is 5.97. The van der Waals surface area contributed by atoms with Crippen LogP contribution in [0.2, 0.25) is 0 Å². The first-order chi connectivity index (χ1) is 13.6. The fourth-order valence-electron chi connectivity index (χ4n) is 3.69. The Morgan fingerprint density at radius 2 is 1.54 bits per heavy atom. The second-order valence-corrected chi connectivity index (χ2v) is 7.82. The Hall–Kier alpha value is -1.96. The molecule has 0 radical (unpaired) electrons. The van der Waals surface area contributed by atoms with Crippen LogP contribution >= 0.6 is 0 Å². The maximum absolute atomic E-state index is 12.4. The monoisotopic (exact) mass is 388 g/mol. The number of carbonyl (C=O) groups is 2. The molecule has 3 rings (SSSR count). The van der Waals surface area contributed by atoms with Gasteiger partial charge >= 0.3 is 0 Å². The number of nitrogens with zero attached hydrogens (tertiary/aromatic N) is 2. The van der Waals surface area contributed by atoms with E-state index in [-0.39, 0.29) is 17.2 Å². The van der Waals surface area contributed by atoms with Crippen LogP contribution < -0.4 is 10.6 Å². The van der Waals surface area contributed by atoms with Crippen LogP contribution in [-0.2, 0) is 19.7 Å². The first-order valence-electron chi connectivity index (χ1n) is 10.1. The Kier molecular flexibility index (Phi) is 7.42. The highest BCUT2D eigenvalue weighted by molar-refractivity contribution is 5.78. The Bertz CT molecular complexity index is 640. The minimum atomic E-state index is 0.0267. The van der Waals surface area contributed by atoms with Crippen molar-refractivity contribution < 1.29 is 14.3 Å². The Labute approximate surface area is 167 Å². The molecule has 2 aliphatic rings. The maximum Gasteiger partial charge on any atom is 0.234 e. The lowest BCUT2D eigenvalue weighted by Crippen LogP contribution is -2.52. The van der Waals surface area contributed by atoms with Crippen molar-refractivity contribution in [2.24, 2.45) is 0 Å². The van der Waals surface area contributed by atoms with Gasteiger partial charge in [-0.25, -0.2) is 0 Å². The number of methoxy groups -OCH3 is 1. The molecule has 0 spiro atoms. The van der Waals surface area contributed by atoms with Gasteiger partial charge in [-0.3, -0.25) is 19.4 Å². The van der Waals surface area contributed by atoms with Crippen LogP contribution in [0.3, 0.4) is 0 Å². The summed E-state index contributed by atoms with van der Waals surface area (Å²) >= 11 is 0. The zero-order valence-electron chi connectivity index (χ0n) is 16.8. The van der Waals surface area contributed by atoms with Crippen LogP contribution in [-0.4, -0.2) is 87.7 Å². The van der Waals surface area contributed by atoms with Gasteiger partial charge in [-0.15, -0.1) is 0 Å². The maximum atomic E-state index is 12.4. The van der Waals surface area contributed by atoms with Crippen molar-refractivity contribution in [1.29, 1.82) is 0 Å². The molecule has 7 heteroatoms. The second kappa shape index (κ2) is 10.0. The molecule has 2 fully saturated rings. The van der Waals surface area contributed by atoms with Crippen molar-refractivity contribution in [1.82, 2.24) is 20.4 Å². The molecule has 1 aliphatic heterocycles. The third kappa shape index (κ3) is 6.02. The van der Waals surface area contributed by atoms with E-state index in [1.165, 1.54) is 5.56 Å². The summed E-state index contributed by atoms with van der Waals surface area (Å²) in [7, 11) is 1.62. The Balaban J connectivity index is 1.32. The van der Waals surface area contributed by atoms with Gasteiger partial charge in [-0.2, -0.15) is 0 Å². The van der Waals surface area contributed by atoms with Crippen molar-refractivity contribution in [3.05, 3.63) is 35.9 Å². The molecule has 154 valence electrons. The van der Waals surface area contributed by atoms with Crippen LogP contribution in [0.5, 0.6) is 0 Å². The molecule has 0 atom stereocenters. The Morgan fingerprint density at radius 1 is 0.964 bits per heavy atom. The van der Waals surface area contributed by atoms with E-state index in [0.717, 1.165) is 45.6 Å². The molecule has 7 nitrogen and oxygen atoms in total. The minimum Gasteiger partial charge on any atom is -0.383 e. The first kappa shape index (κ1) is 20.8. The number of ether oxygens (including phenoxy) is 1. The number of rotatable bonds is 10. The fourth-order valence-corrected chi connectivity index (χ4v) is 3.69. The number of benzene rings is 1. The van der Waals surface area contributed by atoms with Crippen LogP contribution in [0, 0.1) is 0 Å². The molecular formula is C21H32N4O3. The zero-order chi connectivity index (χ0) is 19.8. The molecule has 2 amide bonds. The number of carbonyl (C=O) groups excluding carboxylic acids is 2. The van der Waals surface area contributed by atoms with Crippen molar-refractivity contribution in [2.75, 3.05) is 66.1 Å². The molecule has 1 aliphatic carbocycles. The van der Waals surface area contributed by atoms with Gasteiger partial charge in [-0.1, -0.05) is 30.3 Å². The lowest BCUT2D eigenvalue weighted by Gasteiger charge is -2.33. The molecule has 0 aromatic heterocycles. The predicted molar refractivity (Wildman–Crippen MR) is 108 cm³/mol. The van der Waals surface area contributed by atoms with Crippen molar-refractivity contribution in [2.45, 2.75) is 18.3 Å². The SMILES string of the molecule is COCCNC(=O)CN1CCN(CC(=O)NCC2(c3ccccc3)CC2)CC1. The standard InChI is InChI=1S/C21H32N4O3/c1-28-14-9-22-19(26)15-24-10-12-25(13-11-24)16-20(27)23-17-21(7-8-21)18-5-3-2-4-6-18/h2-6H,7-17H2,1H3,(H,22,26)(H,23,27). The van der Waals surface area contributed by atoms with Crippen LogP contribution in [0.1, 0.15) is 18.4 Å². The van der Waals surface area contributed by atoms with Crippen molar-refractivity contribution >= 4 is 11.8 Å². The van der Waals surface area contributed by atoms with Gasteiger partial charge in [0.05, 0.1) is 19.7 Å². The van der Waals surface area contributed by atoms with E-state index in [2.05, 4.69) is 44.7 Å². The summed E-state index contributed by atoms with van der Waals surface area (Å²) < 4.78 is 4.93. The first-order valence-corrected chi connectivity index (χ1v) is 10.1. The van der Waals surface area contributed by atoms with Gasteiger partial charge in [-0.05, 0) is 18.4 Å². The highest BCUT2D eigenvalue weighted by Crippen LogP contribution is 2.47. The topological polar surface area (TPSA) is 73.9 Å². The highest BCUT2D eigenvalue weighted by atomic mass is 16.5. The number of hydrogen-bond donors (Lipinski definition) is 2. The number of nitrogens with one attached hydrogen (secondary N) is 2. The fraction of sp³-hybridized carbons (Fsp3) is 0.619. The summed E-state index contributed by atoms with van der Waals surface area (Å²) in [6.45, 7) is 5.85. The quantitative estimate of drug-likeness (QED) is 0.561. The van der Waals surface area contributed by atoms with E-state index in [9.17, 15) is 9.59 Å². The van der Waals surface area contributed by atoms with Gasteiger partial charge in [0.1, 0.15) is 0 Å². The minimum absolute atomic E-state index is 0.0267. The van der Waals surface area contributed by atoms with Crippen LogP contribution in [0.4, 0.5) is 0 Å². The molecule has 1 aromatic carbocycles. The molecule has 2 N–H and O–H groups in total. The highest BCUT2D eigenvalue weighted by Gasteiger charge is 2.44. The van der Waals surface area contributed by atoms with Crippen LogP contribution in [0.15, 0.2) is 30.3 Å².